The highest BCUT2D eigenvalue weighted by Gasteiger charge is 2.02. The Morgan fingerprint density at radius 2 is 1.72 bits per heavy atom. The Hall–Kier alpha value is -2.43. The van der Waals surface area contributed by atoms with Crippen molar-refractivity contribution in [1.29, 1.82) is 0 Å². The van der Waals surface area contributed by atoms with Crippen molar-refractivity contribution in [2.45, 2.75) is 13.3 Å². The van der Waals surface area contributed by atoms with Crippen LogP contribution in [0.25, 0.3) is 10.9 Å². The molecule has 2 N–H and O–H groups in total. The number of hydrogen-bond acceptors (Lipinski definition) is 3. The summed E-state index contributed by atoms with van der Waals surface area (Å²) in [6.45, 7) is 1.08. The average Bonchev–Trinajstić information content (AvgIpc) is 2.27. The number of nitrogens with zero attached hydrogens (tertiary/aromatic N) is 1. The molecule has 1 aromatic heterocycles. The minimum absolute atomic E-state index is 0.0230. The molecular weight excluding hydrogens is 234 g/mol. The summed E-state index contributed by atoms with van der Waals surface area (Å²) < 4.78 is 0. The van der Waals surface area contributed by atoms with E-state index in [1.54, 1.807) is 6.07 Å². The van der Waals surface area contributed by atoms with Gasteiger partial charge in [-0.1, -0.05) is 24.3 Å². The van der Waals surface area contributed by atoms with E-state index >= 15 is 0 Å². The zero-order valence-corrected chi connectivity index (χ0v) is 9.83. The third-order valence-corrected chi connectivity index (χ3v) is 1.99. The van der Waals surface area contributed by atoms with Gasteiger partial charge < -0.3 is 10.2 Å². The van der Waals surface area contributed by atoms with Gasteiger partial charge in [-0.15, -0.1) is 0 Å². The van der Waals surface area contributed by atoms with Gasteiger partial charge in [-0.05, 0) is 12.1 Å². The first-order valence-electron chi connectivity index (χ1n) is 5.25. The third kappa shape index (κ3) is 4.61. The van der Waals surface area contributed by atoms with Crippen LogP contribution in [-0.4, -0.2) is 27.1 Å². The zero-order chi connectivity index (χ0) is 13.5. The van der Waals surface area contributed by atoms with E-state index in [0.717, 1.165) is 17.8 Å². The van der Waals surface area contributed by atoms with Gasteiger partial charge in [0.05, 0.1) is 17.6 Å². The number of aromatic nitrogens is 1. The van der Waals surface area contributed by atoms with Crippen LogP contribution in [0.15, 0.2) is 36.4 Å². The summed E-state index contributed by atoms with van der Waals surface area (Å²) in [5.41, 5.74) is 1.43. The van der Waals surface area contributed by atoms with Crippen LogP contribution in [0.2, 0.25) is 0 Å². The molecule has 5 nitrogen and oxygen atoms in total. The molecule has 0 atom stereocenters. The van der Waals surface area contributed by atoms with E-state index in [1.807, 2.05) is 30.3 Å². The fraction of sp³-hybridized carbons (Fsp3) is 0.154. The lowest BCUT2D eigenvalue weighted by atomic mass is 10.2. The van der Waals surface area contributed by atoms with Gasteiger partial charge in [0.25, 0.3) is 5.97 Å². The van der Waals surface area contributed by atoms with E-state index in [-0.39, 0.29) is 6.42 Å². The molecule has 2 rings (SSSR count). The second-order valence-corrected chi connectivity index (χ2v) is 3.58. The van der Waals surface area contributed by atoms with Crippen molar-refractivity contribution in [2.24, 2.45) is 0 Å². The fourth-order valence-corrected chi connectivity index (χ4v) is 1.36. The van der Waals surface area contributed by atoms with Crippen LogP contribution in [0.5, 0.6) is 0 Å². The Kier molecular flexibility index (Phi) is 4.80. The number of carboxylic acids is 2. The Balaban J connectivity index is 0.000000357. The maximum absolute atomic E-state index is 10.5. The van der Waals surface area contributed by atoms with Crippen molar-refractivity contribution in [3.05, 3.63) is 42.1 Å². The highest BCUT2D eigenvalue weighted by atomic mass is 16.4. The number of aliphatic carboxylic acids is 2. The van der Waals surface area contributed by atoms with Gasteiger partial charge in [0.15, 0.2) is 0 Å². The molecule has 0 spiro atoms. The van der Waals surface area contributed by atoms with Gasteiger partial charge in [0.2, 0.25) is 0 Å². The molecule has 0 radical (unpaired) electrons. The van der Waals surface area contributed by atoms with E-state index < -0.39 is 11.9 Å². The average molecular weight is 247 g/mol. The normalized spacial score (nSPS) is 9.39. The van der Waals surface area contributed by atoms with Crippen LogP contribution in [-0.2, 0) is 16.0 Å². The summed E-state index contributed by atoms with van der Waals surface area (Å²) in [5.74, 6) is -1.69. The van der Waals surface area contributed by atoms with Gasteiger partial charge in [0, 0.05) is 12.3 Å². The van der Waals surface area contributed by atoms with Gasteiger partial charge in [0.1, 0.15) is 0 Å². The SMILES string of the molecule is CC(=O)O.O=C(O)Cc1ccc2ccccc2n1. The smallest absolute Gasteiger partial charge is 0.309 e. The van der Waals surface area contributed by atoms with Crippen LogP contribution in [0, 0.1) is 0 Å². The van der Waals surface area contributed by atoms with Crippen LogP contribution < -0.4 is 0 Å². The fourth-order valence-electron chi connectivity index (χ4n) is 1.36. The van der Waals surface area contributed by atoms with Crippen molar-refractivity contribution in [1.82, 2.24) is 4.98 Å². The molecule has 0 saturated heterocycles. The molecule has 0 aliphatic carbocycles. The maximum atomic E-state index is 10.5. The molecule has 0 fully saturated rings. The molecule has 94 valence electrons. The number of hydrogen-bond donors (Lipinski definition) is 2. The van der Waals surface area contributed by atoms with Gasteiger partial charge >= 0.3 is 5.97 Å². The van der Waals surface area contributed by atoms with E-state index in [0.29, 0.717) is 5.69 Å². The molecule has 0 aliphatic heterocycles. The largest absolute Gasteiger partial charge is 0.481 e. The topological polar surface area (TPSA) is 87.5 Å². The molecule has 0 unspecified atom stereocenters. The standard InChI is InChI=1S/C11H9NO2.C2H4O2/c13-11(14)7-9-6-5-8-3-1-2-4-10(8)12-9;1-2(3)4/h1-6H,7H2,(H,13,14);1H3,(H,3,4). The van der Waals surface area contributed by atoms with Gasteiger partial charge in [-0.25, -0.2) is 0 Å². The first-order valence-corrected chi connectivity index (χ1v) is 5.25. The number of rotatable bonds is 2. The second-order valence-electron chi connectivity index (χ2n) is 3.58. The Bertz CT molecular complexity index is 562. The number of carbonyl (C=O) groups is 2. The van der Waals surface area contributed by atoms with E-state index in [2.05, 4.69) is 4.98 Å². The molecule has 0 bridgehead atoms. The molecule has 0 saturated carbocycles. The number of para-hydroxylation sites is 1. The lowest BCUT2D eigenvalue weighted by molar-refractivity contribution is -0.136. The van der Waals surface area contributed by atoms with Gasteiger partial charge in [-0.3, -0.25) is 14.6 Å². The zero-order valence-electron chi connectivity index (χ0n) is 9.83. The van der Waals surface area contributed by atoms with Crippen LogP contribution in [0.1, 0.15) is 12.6 Å². The third-order valence-electron chi connectivity index (χ3n) is 1.99. The van der Waals surface area contributed by atoms with E-state index in [1.165, 1.54) is 0 Å². The minimum atomic E-state index is -0.854. The molecule has 0 aliphatic rings. The molecule has 18 heavy (non-hydrogen) atoms. The van der Waals surface area contributed by atoms with Crippen molar-refractivity contribution >= 4 is 22.8 Å². The van der Waals surface area contributed by atoms with Crippen LogP contribution in [0.4, 0.5) is 0 Å². The van der Waals surface area contributed by atoms with E-state index in [4.69, 9.17) is 15.0 Å². The summed E-state index contributed by atoms with van der Waals surface area (Å²) in [6, 6.07) is 11.3. The van der Waals surface area contributed by atoms with Crippen molar-refractivity contribution < 1.29 is 19.8 Å². The molecule has 0 amide bonds. The van der Waals surface area contributed by atoms with Crippen LogP contribution >= 0.6 is 0 Å². The Morgan fingerprint density at radius 1 is 1.11 bits per heavy atom. The summed E-state index contributed by atoms with van der Waals surface area (Å²) in [5, 5.41) is 17.0. The lowest BCUT2D eigenvalue weighted by Crippen LogP contribution is -2.01. The number of benzene rings is 1. The molecule has 5 heteroatoms. The molecule has 1 heterocycles. The minimum Gasteiger partial charge on any atom is -0.481 e. The summed E-state index contributed by atoms with van der Waals surface area (Å²) in [7, 11) is 0. The summed E-state index contributed by atoms with van der Waals surface area (Å²) in [4.78, 5) is 23.7. The Morgan fingerprint density at radius 3 is 2.33 bits per heavy atom. The summed E-state index contributed by atoms with van der Waals surface area (Å²) in [6.07, 6.45) is -0.0230. The number of pyridine rings is 1. The number of carboxylic acid groups (broad SMARTS) is 2. The van der Waals surface area contributed by atoms with Gasteiger partial charge in [-0.2, -0.15) is 0 Å². The predicted octanol–water partition coefficient (Wildman–Crippen LogP) is 1.95. The first kappa shape index (κ1) is 13.6. The molecule has 2 aromatic rings. The second kappa shape index (κ2) is 6.34. The lowest BCUT2D eigenvalue weighted by Gasteiger charge is -1.99. The molecule has 1 aromatic carbocycles. The first-order chi connectivity index (χ1) is 8.49. The van der Waals surface area contributed by atoms with Crippen molar-refractivity contribution in [2.75, 3.05) is 0 Å². The Labute approximate surface area is 104 Å². The van der Waals surface area contributed by atoms with E-state index in [9.17, 15) is 4.79 Å². The highest BCUT2D eigenvalue weighted by Crippen LogP contribution is 2.11. The maximum Gasteiger partial charge on any atom is 0.309 e. The van der Waals surface area contributed by atoms with Crippen molar-refractivity contribution in [3.8, 4) is 0 Å². The van der Waals surface area contributed by atoms with Crippen molar-refractivity contribution in [3.63, 3.8) is 0 Å². The van der Waals surface area contributed by atoms with Crippen LogP contribution in [0.3, 0.4) is 0 Å². The quantitative estimate of drug-likeness (QED) is 0.846. The highest BCUT2D eigenvalue weighted by molar-refractivity contribution is 5.79. The monoisotopic (exact) mass is 247 g/mol. The number of fused-ring (bicyclic) bond motifs is 1. The molecular formula is C13H13NO4. The summed E-state index contributed by atoms with van der Waals surface area (Å²) >= 11 is 0. The predicted molar refractivity (Wildman–Crippen MR) is 66.4 cm³/mol.